The molecule has 1 amide bonds. The van der Waals surface area contributed by atoms with Gasteiger partial charge in [-0.15, -0.1) is 0 Å². The molecule has 0 spiro atoms. The van der Waals surface area contributed by atoms with E-state index in [0.29, 0.717) is 37.7 Å². The average Bonchev–Trinajstić information content (AvgIpc) is 3.16. The van der Waals surface area contributed by atoms with Crippen LogP contribution in [0.2, 0.25) is 0 Å². The first-order valence-corrected chi connectivity index (χ1v) is 10.4. The minimum atomic E-state index is -0.651. The van der Waals surface area contributed by atoms with E-state index >= 15 is 0 Å². The number of para-hydroxylation sites is 2. The molecule has 2 aliphatic rings. The number of piperazine rings is 1. The number of carbonyl (C=O) groups excluding carboxylic acids is 1. The molecule has 5 rings (SSSR count). The lowest BCUT2D eigenvalue weighted by Crippen LogP contribution is -2.56. The van der Waals surface area contributed by atoms with Crippen molar-refractivity contribution in [3.05, 3.63) is 48.3 Å². The summed E-state index contributed by atoms with van der Waals surface area (Å²) in [5.41, 5.74) is 0.796. The van der Waals surface area contributed by atoms with Gasteiger partial charge < -0.3 is 19.3 Å². The first-order chi connectivity index (χ1) is 14.1. The van der Waals surface area contributed by atoms with Gasteiger partial charge in [0, 0.05) is 26.2 Å². The number of halogens is 1. The summed E-state index contributed by atoms with van der Waals surface area (Å²) in [6, 6.07) is 12.0. The van der Waals surface area contributed by atoms with Gasteiger partial charge in [0.1, 0.15) is 11.9 Å². The van der Waals surface area contributed by atoms with E-state index in [9.17, 15) is 9.18 Å². The first-order valence-electron chi connectivity index (χ1n) is 9.61. The summed E-state index contributed by atoms with van der Waals surface area (Å²) in [5, 5.41) is 0.859. The third kappa shape index (κ3) is 3.37. The van der Waals surface area contributed by atoms with Crippen LogP contribution < -0.4 is 14.4 Å². The van der Waals surface area contributed by atoms with Gasteiger partial charge in [0.2, 0.25) is 6.10 Å². The van der Waals surface area contributed by atoms with Crippen LogP contribution in [-0.4, -0.2) is 54.2 Å². The van der Waals surface area contributed by atoms with Gasteiger partial charge in [-0.3, -0.25) is 4.79 Å². The van der Waals surface area contributed by atoms with Crippen molar-refractivity contribution < 1.29 is 18.7 Å². The number of aromatic nitrogens is 1. The number of anilines is 1. The summed E-state index contributed by atoms with van der Waals surface area (Å²) in [7, 11) is 0. The molecule has 8 heteroatoms. The SMILES string of the molecule is CC1Oc2ccccc2OC1C(=O)N1CCN(c2nc3ccc(F)cc3s2)CC1. The fourth-order valence-electron chi connectivity index (χ4n) is 3.71. The highest BCUT2D eigenvalue weighted by Crippen LogP contribution is 2.34. The zero-order chi connectivity index (χ0) is 20.0. The molecule has 6 nitrogen and oxygen atoms in total. The largest absolute Gasteiger partial charge is 0.482 e. The van der Waals surface area contributed by atoms with Gasteiger partial charge in [0.15, 0.2) is 16.6 Å². The lowest BCUT2D eigenvalue weighted by atomic mass is 10.1. The Bertz CT molecular complexity index is 1060. The number of thiazole rings is 1. The van der Waals surface area contributed by atoms with Crippen LogP contribution in [0.15, 0.2) is 42.5 Å². The minimum Gasteiger partial charge on any atom is -0.482 e. The fourth-order valence-corrected chi connectivity index (χ4v) is 4.75. The minimum absolute atomic E-state index is 0.0574. The van der Waals surface area contributed by atoms with Crippen LogP contribution in [-0.2, 0) is 4.79 Å². The summed E-state index contributed by atoms with van der Waals surface area (Å²) in [6.45, 7) is 4.36. The van der Waals surface area contributed by atoms with Crippen LogP contribution in [0, 0.1) is 5.82 Å². The van der Waals surface area contributed by atoms with Crippen LogP contribution in [0.1, 0.15) is 6.92 Å². The van der Waals surface area contributed by atoms with Gasteiger partial charge in [-0.05, 0) is 37.3 Å². The zero-order valence-electron chi connectivity index (χ0n) is 15.9. The van der Waals surface area contributed by atoms with Crippen molar-refractivity contribution in [3.8, 4) is 11.5 Å². The number of hydrogen-bond donors (Lipinski definition) is 0. The molecule has 1 fully saturated rings. The van der Waals surface area contributed by atoms with Gasteiger partial charge in [-0.1, -0.05) is 23.5 Å². The molecule has 2 aromatic carbocycles. The van der Waals surface area contributed by atoms with Gasteiger partial charge in [-0.25, -0.2) is 9.37 Å². The van der Waals surface area contributed by atoms with E-state index in [1.165, 1.54) is 23.5 Å². The molecule has 2 atom stereocenters. The molecule has 0 N–H and O–H groups in total. The second-order valence-electron chi connectivity index (χ2n) is 7.23. The Morgan fingerprint density at radius 3 is 2.59 bits per heavy atom. The second kappa shape index (κ2) is 7.18. The predicted molar refractivity (Wildman–Crippen MR) is 109 cm³/mol. The van der Waals surface area contributed by atoms with E-state index in [2.05, 4.69) is 9.88 Å². The fraction of sp³-hybridized carbons (Fsp3) is 0.333. The molecule has 150 valence electrons. The number of benzene rings is 2. The van der Waals surface area contributed by atoms with E-state index in [0.717, 1.165) is 15.3 Å². The molecule has 0 aliphatic carbocycles. The molecule has 3 aromatic rings. The lowest BCUT2D eigenvalue weighted by Gasteiger charge is -2.38. The predicted octanol–water partition coefficient (Wildman–Crippen LogP) is 3.31. The van der Waals surface area contributed by atoms with Gasteiger partial charge in [0.25, 0.3) is 5.91 Å². The van der Waals surface area contributed by atoms with Crippen LogP contribution in [0.4, 0.5) is 9.52 Å². The topological polar surface area (TPSA) is 54.9 Å². The highest BCUT2D eigenvalue weighted by Gasteiger charge is 2.37. The van der Waals surface area contributed by atoms with Crippen molar-refractivity contribution in [3.63, 3.8) is 0 Å². The Morgan fingerprint density at radius 1 is 1.10 bits per heavy atom. The molecular weight excluding hydrogens is 393 g/mol. The van der Waals surface area contributed by atoms with Crippen molar-refractivity contribution in [2.75, 3.05) is 31.1 Å². The molecule has 1 saturated heterocycles. The maximum Gasteiger partial charge on any atom is 0.267 e. The Morgan fingerprint density at radius 2 is 1.83 bits per heavy atom. The molecule has 0 bridgehead atoms. The normalized spacial score (nSPS) is 21.4. The number of fused-ring (bicyclic) bond motifs is 2. The summed E-state index contributed by atoms with van der Waals surface area (Å²) >= 11 is 1.48. The zero-order valence-corrected chi connectivity index (χ0v) is 16.7. The molecule has 0 radical (unpaired) electrons. The Balaban J connectivity index is 1.26. The van der Waals surface area contributed by atoms with Crippen LogP contribution >= 0.6 is 11.3 Å². The van der Waals surface area contributed by atoms with Crippen molar-refractivity contribution in [1.29, 1.82) is 0 Å². The maximum atomic E-state index is 13.4. The molecule has 3 heterocycles. The number of amides is 1. The monoisotopic (exact) mass is 413 g/mol. The highest BCUT2D eigenvalue weighted by atomic mass is 32.1. The van der Waals surface area contributed by atoms with Gasteiger partial charge in [-0.2, -0.15) is 0 Å². The molecule has 2 aliphatic heterocycles. The first kappa shape index (κ1) is 18.2. The van der Waals surface area contributed by atoms with Crippen molar-refractivity contribution >= 4 is 32.6 Å². The third-order valence-electron chi connectivity index (χ3n) is 5.29. The van der Waals surface area contributed by atoms with Gasteiger partial charge >= 0.3 is 0 Å². The number of carbonyl (C=O) groups is 1. The quantitative estimate of drug-likeness (QED) is 0.645. The Hall–Kier alpha value is -2.87. The van der Waals surface area contributed by atoms with E-state index in [1.54, 1.807) is 6.07 Å². The van der Waals surface area contributed by atoms with Gasteiger partial charge in [0.05, 0.1) is 10.2 Å². The summed E-state index contributed by atoms with van der Waals surface area (Å²) < 4.78 is 26.1. The molecule has 1 aromatic heterocycles. The average molecular weight is 413 g/mol. The van der Waals surface area contributed by atoms with Crippen molar-refractivity contribution in [2.24, 2.45) is 0 Å². The van der Waals surface area contributed by atoms with Crippen LogP contribution in [0.5, 0.6) is 11.5 Å². The number of ether oxygens (including phenoxy) is 2. The molecular formula is C21H20FN3O3S. The van der Waals surface area contributed by atoms with Crippen molar-refractivity contribution in [1.82, 2.24) is 9.88 Å². The number of rotatable bonds is 2. The molecule has 29 heavy (non-hydrogen) atoms. The van der Waals surface area contributed by atoms with E-state index < -0.39 is 6.10 Å². The lowest BCUT2D eigenvalue weighted by molar-refractivity contribution is -0.144. The Kier molecular flexibility index (Phi) is 4.50. The highest BCUT2D eigenvalue weighted by molar-refractivity contribution is 7.22. The number of nitrogens with zero attached hydrogens (tertiary/aromatic N) is 3. The van der Waals surface area contributed by atoms with E-state index in [4.69, 9.17) is 9.47 Å². The van der Waals surface area contributed by atoms with E-state index in [1.807, 2.05) is 36.1 Å². The third-order valence-corrected chi connectivity index (χ3v) is 6.37. The maximum absolute atomic E-state index is 13.4. The summed E-state index contributed by atoms with van der Waals surface area (Å²) in [6.07, 6.45) is -1.00. The van der Waals surface area contributed by atoms with Crippen LogP contribution in [0.3, 0.4) is 0 Å². The van der Waals surface area contributed by atoms with Crippen molar-refractivity contribution in [2.45, 2.75) is 19.1 Å². The molecule has 0 saturated carbocycles. The standard InChI is InChI=1S/C21H20FN3O3S/c1-13-19(28-17-5-3-2-4-16(17)27-13)20(26)24-8-10-25(11-9-24)21-23-15-7-6-14(22)12-18(15)29-21/h2-7,12-13,19H,8-11H2,1H3. The Labute approximate surface area is 171 Å². The smallest absolute Gasteiger partial charge is 0.267 e. The molecule has 2 unspecified atom stereocenters. The summed E-state index contributed by atoms with van der Waals surface area (Å²) in [4.78, 5) is 21.6. The van der Waals surface area contributed by atoms with Crippen LogP contribution in [0.25, 0.3) is 10.2 Å². The van der Waals surface area contributed by atoms with E-state index in [-0.39, 0.29) is 17.8 Å². The summed E-state index contributed by atoms with van der Waals surface area (Å²) in [5.74, 6) is 0.956. The second-order valence-corrected chi connectivity index (χ2v) is 8.24. The number of hydrogen-bond acceptors (Lipinski definition) is 6.